The SMILES string of the molecule is Cc1ccc(Cl)cc1N=Cc1cc(C)n(-c2cc(C(=O)O)cc(C(=O)O)c2)c1C. The quantitative estimate of drug-likeness (QED) is 0.565. The standard InChI is InChI=1S/C22H19ClN2O4/c1-12-4-5-18(23)10-20(12)24-11-17-6-13(2)25(14(17)3)19-8-15(21(26)27)7-16(9-19)22(28)29/h4-11H,1-3H3,(H,26,27)(H,28,29). The van der Waals surface area contributed by atoms with Gasteiger partial charge in [0.05, 0.1) is 16.8 Å². The molecule has 2 aromatic carbocycles. The molecule has 0 amide bonds. The Bertz CT molecular complexity index is 1130. The lowest BCUT2D eigenvalue weighted by atomic mass is 10.1. The highest BCUT2D eigenvalue weighted by Gasteiger charge is 2.16. The molecule has 0 bridgehead atoms. The molecule has 0 saturated carbocycles. The van der Waals surface area contributed by atoms with Crippen LogP contribution in [0.5, 0.6) is 0 Å². The molecule has 0 atom stereocenters. The van der Waals surface area contributed by atoms with Crippen molar-refractivity contribution in [3.05, 3.63) is 81.1 Å². The summed E-state index contributed by atoms with van der Waals surface area (Å²) in [4.78, 5) is 27.4. The molecule has 3 aromatic rings. The van der Waals surface area contributed by atoms with E-state index in [4.69, 9.17) is 11.6 Å². The van der Waals surface area contributed by atoms with Gasteiger partial charge < -0.3 is 14.8 Å². The molecule has 1 heterocycles. The minimum atomic E-state index is -1.19. The van der Waals surface area contributed by atoms with E-state index in [9.17, 15) is 19.8 Å². The van der Waals surface area contributed by atoms with Crippen molar-refractivity contribution in [2.24, 2.45) is 4.99 Å². The summed E-state index contributed by atoms with van der Waals surface area (Å²) in [5.74, 6) is -2.37. The van der Waals surface area contributed by atoms with Crippen LogP contribution in [0.1, 0.15) is 43.2 Å². The predicted octanol–water partition coefficient (Wildman–Crippen LogP) is 5.20. The second kappa shape index (κ2) is 7.93. The van der Waals surface area contributed by atoms with Crippen LogP contribution in [0.2, 0.25) is 5.02 Å². The molecule has 0 aliphatic rings. The zero-order valence-corrected chi connectivity index (χ0v) is 16.9. The van der Waals surface area contributed by atoms with Gasteiger partial charge in [-0.15, -0.1) is 0 Å². The number of carboxylic acids is 2. The maximum absolute atomic E-state index is 11.4. The first-order valence-corrected chi connectivity index (χ1v) is 9.16. The van der Waals surface area contributed by atoms with Crippen molar-refractivity contribution in [3.8, 4) is 5.69 Å². The lowest BCUT2D eigenvalue weighted by Crippen LogP contribution is -2.07. The molecule has 1 aromatic heterocycles. The van der Waals surface area contributed by atoms with Gasteiger partial charge in [0, 0.05) is 33.9 Å². The highest BCUT2D eigenvalue weighted by atomic mass is 35.5. The molecule has 0 unspecified atom stereocenters. The number of carboxylic acid groups (broad SMARTS) is 2. The van der Waals surface area contributed by atoms with Gasteiger partial charge in [-0.3, -0.25) is 4.99 Å². The van der Waals surface area contributed by atoms with Crippen LogP contribution in [0.25, 0.3) is 5.69 Å². The molecule has 0 aliphatic heterocycles. The number of benzene rings is 2. The van der Waals surface area contributed by atoms with Crippen molar-refractivity contribution in [1.29, 1.82) is 0 Å². The van der Waals surface area contributed by atoms with E-state index in [1.807, 2.05) is 37.5 Å². The molecule has 0 saturated heterocycles. The molecule has 2 N–H and O–H groups in total. The van der Waals surface area contributed by atoms with Crippen LogP contribution in [-0.4, -0.2) is 32.9 Å². The Balaban J connectivity index is 2.09. The minimum absolute atomic E-state index is 0.0860. The van der Waals surface area contributed by atoms with Gasteiger partial charge in [-0.05, 0) is 62.7 Å². The molecular formula is C22H19ClN2O4. The summed E-state index contributed by atoms with van der Waals surface area (Å²) < 4.78 is 1.81. The molecule has 6 nitrogen and oxygen atoms in total. The minimum Gasteiger partial charge on any atom is -0.478 e. The predicted molar refractivity (Wildman–Crippen MR) is 113 cm³/mol. The fourth-order valence-corrected chi connectivity index (χ4v) is 3.33. The Morgan fingerprint density at radius 3 is 2.17 bits per heavy atom. The number of nitrogens with zero attached hydrogens (tertiary/aromatic N) is 2. The molecule has 29 heavy (non-hydrogen) atoms. The number of carbonyl (C=O) groups is 2. The van der Waals surface area contributed by atoms with Crippen LogP contribution in [-0.2, 0) is 0 Å². The molecule has 0 spiro atoms. The average Bonchev–Trinajstić information content (AvgIpc) is 2.95. The van der Waals surface area contributed by atoms with Crippen LogP contribution in [0, 0.1) is 20.8 Å². The molecule has 0 radical (unpaired) electrons. The van der Waals surface area contributed by atoms with Crippen LogP contribution in [0.3, 0.4) is 0 Å². The number of hydrogen-bond donors (Lipinski definition) is 2. The van der Waals surface area contributed by atoms with E-state index in [1.54, 1.807) is 18.3 Å². The molecular weight excluding hydrogens is 392 g/mol. The van der Waals surface area contributed by atoms with E-state index in [2.05, 4.69) is 4.99 Å². The van der Waals surface area contributed by atoms with Gasteiger partial charge in [0.15, 0.2) is 0 Å². The summed E-state index contributed by atoms with van der Waals surface area (Å²) in [6.07, 6.45) is 1.72. The number of halogens is 1. The smallest absolute Gasteiger partial charge is 0.335 e. The highest BCUT2D eigenvalue weighted by Crippen LogP contribution is 2.25. The van der Waals surface area contributed by atoms with Crippen molar-refractivity contribution in [2.45, 2.75) is 20.8 Å². The molecule has 148 valence electrons. The zero-order valence-electron chi connectivity index (χ0n) is 16.1. The van der Waals surface area contributed by atoms with Crippen molar-refractivity contribution in [2.75, 3.05) is 0 Å². The first-order valence-electron chi connectivity index (χ1n) is 8.78. The van der Waals surface area contributed by atoms with Gasteiger partial charge in [-0.2, -0.15) is 0 Å². The van der Waals surface area contributed by atoms with Crippen molar-refractivity contribution in [1.82, 2.24) is 4.57 Å². The Morgan fingerprint density at radius 1 is 0.966 bits per heavy atom. The highest BCUT2D eigenvalue weighted by molar-refractivity contribution is 6.30. The van der Waals surface area contributed by atoms with Crippen LogP contribution in [0.4, 0.5) is 5.69 Å². The number of aromatic nitrogens is 1. The van der Waals surface area contributed by atoms with E-state index in [0.29, 0.717) is 10.7 Å². The Kier molecular flexibility index (Phi) is 5.57. The van der Waals surface area contributed by atoms with E-state index in [0.717, 1.165) is 34.3 Å². The first-order chi connectivity index (χ1) is 13.7. The average molecular weight is 411 g/mol. The van der Waals surface area contributed by atoms with Crippen molar-refractivity contribution < 1.29 is 19.8 Å². The number of rotatable bonds is 5. The number of aliphatic imine (C=N–C) groups is 1. The Morgan fingerprint density at radius 2 is 1.59 bits per heavy atom. The largest absolute Gasteiger partial charge is 0.478 e. The van der Waals surface area contributed by atoms with Gasteiger partial charge in [0.1, 0.15) is 0 Å². The lowest BCUT2D eigenvalue weighted by molar-refractivity contribution is 0.0696. The molecule has 7 heteroatoms. The van der Waals surface area contributed by atoms with E-state index in [-0.39, 0.29) is 11.1 Å². The maximum atomic E-state index is 11.4. The van der Waals surface area contributed by atoms with Gasteiger partial charge in [-0.1, -0.05) is 17.7 Å². The van der Waals surface area contributed by atoms with Crippen LogP contribution < -0.4 is 0 Å². The van der Waals surface area contributed by atoms with Crippen molar-refractivity contribution >= 4 is 35.4 Å². The summed E-state index contributed by atoms with van der Waals surface area (Å²) >= 11 is 6.05. The monoisotopic (exact) mass is 410 g/mol. The van der Waals surface area contributed by atoms with Gasteiger partial charge in [-0.25, -0.2) is 9.59 Å². The Labute approximate surface area is 172 Å². The molecule has 0 fully saturated rings. The van der Waals surface area contributed by atoms with E-state index in [1.165, 1.54) is 12.1 Å². The topological polar surface area (TPSA) is 91.9 Å². The second-order valence-corrected chi connectivity index (χ2v) is 7.17. The normalized spacial score (nSPS) is 11.2. The van der Waals surface area contributed by atoms with Gasteiger partial charge in [0.2, 0.25) is 0 Å². The third-order valence-electron chi connectivity index (χ3n) is 4.65. The first kappa shape index (κ1) is 20.4. The summed E-state index contributed by atoms with van der Waals surface area (Å²) in [5.41, 5.74) is 4.50. The fourth-order valence-electron chi connectivity index (χ4n) is 3.16. The molecule has 0 aliphatic carbocycles. The summed E-state index contributed by atoms with van der Waals surface area (Å²) in [6, 6.07) is 11.4. The maximum Gasteiger partial charge on any atom is 0.335 e. The summed E-state index contributed by atoms with van der Waals surface area (Å²) in [7, 11) is 0. The van der Waals surface area contributed by atoms with E-state index >= 15 is 0 Å². The number of hydrogen-bond acceptors (Lipinski definition) is 3. The van der Waals surface area contributed by atoms with Gasteiger partial charge >= 0.3 is 11.9 Å². The van der Waals surface area contributed by atoms with Crippen molar-refractivity contribution in [3.63, 3.8) is 0 Å². The fraction of sp³-hybridized carbons (Fsp3) is 0.136. The van der Waals surface area contributed by atoms with Gasteiger partial charge in [0.25, 0.3) is 0 Å². The lowest BCUT2D eigenvalue weighted by Gasteiger charge is -2.12. The number of aromatic carboxylic acids is 2. The zero-order chi connectivity index (χ0) is 21.3. The summed E-state index contributed by atoms with van der Waals surface area (Å²) in [6.45, 7) is 5.67. The molecule has 3 rings (SSSR count). The summed E-state index contributed by atoms with van der Waals surface area (Å²) in [5, 5.41) is 19.3. The Hall–Kier alpha value is -3.38. The third kappa shape index (κ3) is 4.22. The number of aryl methyl sites for hydroxylation is 2. The third-order valence-corrected chi connectivity index (χ3v) is 4.89. The second-order valence-electron chi connectivity index (χ2n) is 6.73. The van der Waals surface area contributed by atoms with E-state index < -0.39 is 11.9 Å². The van der Waals surface area contributed by atoms with Crippen LogP contribution >= 0.6 is 11.6 Å². The van der Waals surface area contributed by atoms with Crippen LogP contribution in [0.15, 0.2) is 47.5 Å².